The van der Waals surface area contributed by atoms with Gasteiger partial charge in [-0.2, -0.15) is 21.6 Å². The highest BCUT2D eigenvalue weighted by molar-refractivity contribution is 7.88. The molecule has 0 amide bonds. The first-order chi connectivity index (χ1) is 14.4. The van der Waals surface area contributed by atoms with Gasteiger partial charge in [0.1, 0.15) is 17.1 Å². The van der Waals surface area contributed by atoms with Crippen molar-refractivity contribution in [2.24, 2.45) is 0 Å². The van der Waals surface area contributed by atoms with Crippen molar-refractivity contribution in [3.05, 3.63) is 70.1 Å². The molecule has 1 aromatic heterocycles. The van der Waals surface area contributed by atoms with Crippen LogP contribution in [0.15, 0.2) is 57.7 Å². The third-order valence-corrected chi connectivity index (χ3v) is 5.35. The summed E-state index contributed by atoms with van der Waals surface area (Å²) in [4.78, 5) is 24.7. The molecule has 0 bridgehead atoms. The summed E-state index contributed by atoms with van der Waals surface area (Å²) < 4.78 is 72.2. The van der Waals surface area contributed by atoms with E-state index in [1.807, 2.05) is 0 Å². The van der Waals surface area contributed by atoms with Crippen LogP contribution < -0.4 is 9.81 Å². The summed E-state index contributed by atoms with van der Waals surface area (Å²) in [5, 5.41) is 9.30. The van der Waals surface area contributed by atoms with Gasteiger partial charge in [-0.1, -0.05) is 30.3 Å². The maximum atomic E-state index is 13.0. The number of aromatic hydroxyl groups is 1. The molecule has 1 unspecified atom stereocenters. The molecule has 0 aliphatic rings. The maximum Gasteiger partial charge on any atom is 0.534 e. The summed E-state index contributed by atoms with van der Waals surface area (Å²) in [7, 11) is -6.16. The lowest BCUT2D eigenvalue weighted by molar-refractivity contribution is -0.117. The number of benzene rings is 2. The SMILES string of the molecule is CC(=O)CC(c1ccccc1)c1c(OS(=O)(=O)C(F)(F)F)c2ccc(O)cc2oc1=O. The zero-order chi connectivity index (χ0) is 23.0. The number of hydrogen-bond donors (Lipinski definition) is 1. The van der Waals surface area contributed by atoms with E-state index in [0.29, 0.717) is 5.56 Å². The van der Waals surface area contributed by atoms with E-state index in [0.717, 1.165) is 18.2 Å². The van der Waals surface area contributed by atoms with E-state index >= 15 is 0 Å². The Morgan fingerprint density at radius 2 is 1.81 bits per heavy atom. The topological polar surface area (TPSA) is 111 Å². The van der Waals surface area contributed by atoms with Crippen molar-refractivity contribution in [1.29, 1.82) is 0 Å². The molecule has 164 valence electrons. The van der Waals surface area contributed by atoms with Gasteiger partial charge in [-0.3, -0.25) is 4.79 Å². The Bertz CT molecular complexity index is 1300. The predicted molar refractivity (Wildman–Crippen MR) is 103 cm³/mol. The monoisotopic (exact) mass is 456 g/mol. The number of carbonyl (C=O) groups excluding carboxylic acids is 1. The minimum Gasteiger partial charge on any atom is -0.508 e. The molecule has 2 aromatic carbocycles. The molecule has 0 aliphatic heterocycles. The number of halogens is 3. The van der Waals surface area contributed by atoms with Crippen LogP contribution in [0.1, 0.15) is 30.4 Å². The molecule has 0 fully saturated rings. The van der Waals surface area contributed by atoms with Crippen molar-refractivity contribution in [2.45, 2.75) is 24.8 Å². The fraction of sp³-hybridized carbons (Fsp3) is 0.200. The van der Waals surface area contributed by atoms with Gasteiger partial charge in [0.15, 0.2) is 5.75 Å². The van der Waals surface area contributed by atoms with Crippen molar-refractivity contribution in [2.75, 3.05) is 0 Å². The number of carbonyl (C=O) groups is 1. The standard InChI is InChI=1S/C20H15F3O7S/c1-11(24)9-15(12-5-3-2-4-6-12)17-18(30-31(27,28)20(21,22)23)14-8-7-13(25)10-16(14)29-19(17)26/h2-8,10,15,25H,9H2,1H3. The van der Waals surface area contributed by atoms with Gasteiger partial charge in [-0.15, -0.1) is 0 Å². The fourth-order valence-corrected chi connectivity index (χ4v) is 3.58. The first kappa shape index (κ1) is 22.3. The van der Waals surface area contributed by atoms with Gasteiger partial charge in [0.2, 0.25) is 0 Å². The molecule has 0 radical (unpaired) electrons. The molecule has 1 heterocycles. The van der Waals surface area contributed by atoms with Crippen LogP contribution >= 0.6 is 0 Å². The minimum absolute atomic E-state index is 0.301. The van der Waals surface area contributed by atoms with E-state index in [2.05, 4.69) is 4.18 Å². The number of rotatable bonds is 6. The Hall–Kier alpha value is -3.34. The second-order valence-electron chi connectivity index (χ2n) is 6.67. The molecule has 3 aromatic rings. The van der Waals surface area contributed by atoms with Crippen LogP contribution in [0, 0.1) is 0 Å². The van der Waals surface area contributed by atoms with Crippen LogP contribution in [0.4, 0.5) is 13.2 Å². The highest BCUT2D eigenvalue weighted by atomic mass is 32.2. The second kappa shape index (κ2) is 8.06. The second-order valence-corrected chi connectivity index (χ2v) is 8.20. The molecule has 0 saturated heterocycles. The zero-order valence-corrected chi connectivity index (χ0v) is 16.7. The summed E-state index contributed by atoms with van der Waals surface area (Å²) in [6.45, 7) is 1.21. The molecule has 7 nitrogen and oxygen atoms in total. The Labute approximate surface area is 173 Å². The van der Waals surface area contributed by atoms with E-state index in [9.17, 15) is 36.3 Å². The quantitative estimate of drug-likeness (QED) is 0.341. The summed E-state index contributed by atoms with van der Waals surface area (Å²) in [5.74, 6) is -2.86. The van der Waals surface area contributed by atoms with Crippen molar-refractivity contribution in [1.82, 2.24) is 0 Å². The highest BCUT2D eigenvalue weighted by Crippen LogP contribution is 2.40. The maximum absolute atomic E-state index is 13.0. The van der Waals surface area contributed by atoms with Crippen molar-refractivity contribution >= 4 is 26.9 Å². The van der Waals surface area contributed by atoms with Crippen molar-refractivity contribution in [3.8, 4) is 11.5 Å². The lowest BCUT2D eigenvalue weighted by Gasteiger charge is -2.20. The number of fused-ring (bicyclic) bond motifs is 1. The Balaban J connectivity index is 2.39. The lowest BCUT2D eigenvalue weighted by Crippen LogP contribution is -2.29. The average molecular weight is 456 g/mol. The molecule has 0 spiro atoms. The molecule has 3 rings (SSSR count). The van der Waals surface area contributed by atoms with Crippen LogP contribution in [-0.2, 0) is 14.9 Å². The van der Waals surface area contributed by atoms with Gasteiger partial charge in [-0.05, 0) is 24.6 Å². The van der Waals surface area contributed by atoms with E-state index in [4.69, 9.17) is 4.42 Å². The normalized spacial score (nSPS) is 13.2. The molecule has 1 atom stereocenters. The molecule has 31 heavy (non-hydrogen) atoms. The van der Waals surface area contributed by atoms with E-state index in [1.54, 1.807) is 18.2 Å². The third-order valence-electron chi connectivity index (χ3n) is 4.40. The van der Waals surface area contributed by atoms with Crippen LogP contribution in [0.2, 0.25) is 0 Å². The molecular weight excluding hydrogens is 441 g/mol. The largest absolute Gasteiger partial charge is 0.534 e. The van der Waals surface area contributed by atoms with Crippen LogP contribution in [0.5, 0.6) is 11.5 Å². The third kappa shape index (κ3) is 4.55. The van der Waals surface area contributed by atoms with Gasteiger partial charge in [0.05, 0.1) is 10.9 Å². The first-order valence-corrected chi connectivity index (χ1v) is 10.2. The molecule has 1 N–H and O–H groups in total. The lowest BCUT2D eigenvalue weighted by atomic mass is 9.87. The first-order valence-electron chi connectivity index (χ1n) is 8.75. The van der Waals surface area contributed by atoms with Gasteiger partial charge in [0, 0.05) is 18.4 Å². The number of Topliss-reactive ketones (excluding diaryl/α,β-unsaturated/α-hetero) is 1. The van der Waals surface area contributed by atoms with Crippen LogP contribution in [-0.4, -0.2) is 24.8 Å². The molecule has 11 heteroatoms. The Morgan fingerprint density at radius 3 is 2.39 bits per heavy atom. The van der Waals surface area contributed by atoms with Crippen LogP contribution in [0.25, 0.3) is 11.0 Å². The van der Waals surface area contributed by atoms with E-state index in [1.165, 1.54) is 19.1 Å². The fourth-order valence-electron chi connectivity index (χ4n) is 3.08. The Morgan fingerprint density at radius 1 is 1.16 bits per heavy atom. The molecule has 0 aliphatic carbocycles. The van der Waals surface area contributed by atoms with Crippen molar-refractivity contribution in [3.63, 3.8) is 0 Å². The summed E-state index contributed by atoms with van der Waals surface area (Å²) in [6, 6.07) is 10.9. The predicted octanol–water partition coefficient (Wildman–Crippen LogP) is 3.84. The molecule has 0 saturated carbocycles. The van der Waals surface area contributed by atoms with Gasteiger partial charge in [-0.25, -0.2) is 4.79 Å². The number of alkyl halides is 3. The van der Waals surface area contributed by atoms with E-state index in [-0.39, 0.29) is 17.6 Å². The smallest absolute Gasteiger partial charge is 0.508 e. The number of phenolic OH excluding ortho intramolecular Hbond substituents is 1. The van der Waals surface area contributed by atoms with Gasteiger partial charge < -0.3 is 13.7 Å². The number of hydrogen-bond acceptors (Lipinski definition) is 7. The summed E-state index contributed by atoms with van der Waals surface area (Å²) >= 11 is 0. The average Bonchev–Trinajstić information content (AvgIpc) is 2.66. The summed E-state index contributed by atoms with van der Waals surface area (Å²) in [5.41, 5.74) is -7.58. The number of phenols is 1. The number of ketones is 1. The Kier molecular flexibility index (Phi) is 5.81. The zero-order valence-electron chi connectivity index (χ0n) is 15.8. The van der Waals surface area contributed by atoms with Crippen LogP contribution in [0.3, 0.4) is 0 Å². The van der Waals surface area contributed by atoms with Gasteiger partial charge >= 0.3 is 21.3 Å². The van der Waals surface area contributed by atoms with Crippen molar-refractivity contribution < 1.29 is 40.1 Å². The highest BCUT2D eigenvalue weighted by Gasteiger charge is 2.49. The molecular formula is C20H15F3O7S. The summed E-state index contributed by atoms with van der Waals surface area (Å²) in [6.07, 6.45) is -0.333. The minimum atomic E-state index is -6.16. The van der Waals surface area contributed by atoms with Gasteiger partial charge in [0.25, 0.3) is 0 Å². The van der Waals surface area contributed by atoms with E-state index < -0.39 is 49.8 Å².